The fraction of sp³-hybridized carbons (Fsp3) is 1.00. The fourth-order valence-electron chi connectivity index (χ4n) is 4.54. The van der Waals surface area contributed by atoms with E-state index in [9.17, 15) is 20.4 Å². The lowest BCUT2D eigenvalue weighted by Gasteiger charge is -2.50. The molecule has 3 rings (SSSR count). The second-order valence-corrected chi connectivity index (χ2v) is 7.81. The zero-order valence-electron chi connectivity index (χ0n) is 14.2. The average Bonchev–Trinajstić information content (AvgIpc) is 2.94. The van der Waals surface area contributed by atoms with Gasteiger partial charge in [-0.2, -0.15) is 0 Å². The summed E-state index contributed by atoms with van der Waals surface area (Å²) in [4.78, 5) is 0. The van der Waals surface area contributed by atoms with Crippen molar-refractivity contribution in [2.45, 2.75) is 95.3 Å². The van der Waals surface area contributed by atoms with Gasteiger partial charge < -0.3 is 29.9 Å². The van der Waals surface area contributed by atoms with E-state index in [1.54, 1.807) is 0 Å². The minimum absolute atomic E-state index is 0.217. The molecule has 0 aromatic carbocycles. The average molecular weight is 330 g/mol. The van der Waals surface area contributed by atoms with E-state index in [0.29, 0.717) is 12.3 Å². The van der Waals surface area contributed by atoms with Crippen LogP contribution >= 0.6 is 0 Å². The van der Waals surface area contributed by atoms with Gasteiger partial charge in [0.15, 0.2) is 5.79 Å². The fourth-order valence-corrected chi connectivity index (χ4v) is 4.54. The predicted molar refractivity (Wildman–Crippen MR) is 82.5 cm³/mol. The first-order valence-corrected chi connectivity index (χ1v) is 8.86. The minimum Gasteiger partial charge on any atom is -0.387 e. The van der Waals surface area contributed by atoms with E-state index in [1.165, 1.54) is 0 Å². The van der Waals surface area contributed by atoms with E-state index in [4.69, 9.17) is 9.47 Å². The molecule has 0 radical (unpaired) electrons. The molecule has 1 saturated heterocycles. The molecule has 3 fully saturated rings. The largest absolute Gasteiger partial charge is 0.387 e. The Balaban J connectivity index is 1.93. The lowest BCUT2D eigenvalue weighted by molar-refractivity contribution is -0.279. The Bertz CT molecular complexity index is 421. The van der Waals surface area contributed by atoms with Crippen LogP contribution in [0.2, 0.25) is 0 Å². The Labute approximate surface area is 137 Å². The summed E-state index contributed by atoms with van der Waals surface area (Å²) < 4.78 is 12.5. The van der Waals surface area contributed by atoms with Crippen molar-refractivity contribution in [2.75, 3.05) is 0 Å². The maximum Gasteiger partial charge on any atom is 0.175 e. The quantitative estimate of drug-likeness (QED) is 0.590. The molecule has 5 unspecified atom stereocenters. The van der Waals surface area contributed by atoms with Gasteiger partial charge in [-0.25, -0.2) is 0 Å². The molecule has 0 aromatic heterocycles. The van der Waals surface area contributed by atoms with Crippen LogP contribution in [0.25, 0.3) is 0 Å². The van der Waals surface area contributed by atoms with Gasteiger partial charge in [-0.05, 0) is 25.2 Å². The third-order valence-corrected chi connectivity index (χ3v) is 6.64. The minimum atomic E-state index is -1.43. The van der Waals surface area contributed by atoms with E-state index in [-0.39, 0.29) is 5.41 Å². The van der Waals surface area contributed by atoms with Crippen molar-refractivity contribution in [3.05, 3.63) is 0 Å². The molecule has 3 aliphatic rings. The Morgan fingerprint density at radius 1 is 0.913 bits per heavy atom. The van der Waals surface area contributed by atoms with E-state index in [2.05, 4.69) is 20.8 Å². The molecule has 1 aliphatic heterocycles. The SMILES string of the molecule is CC[C@@H]1CC[C@](C)(CC)C2(C1)OC1C(O)[C@@H](O)C(O)C(O)[C@@H]1O2. The molecule has 134 valence electrons. The van der Waals surface area contributed by atoms with Gasteiger partial charge in [-0.3, -0.25) is 0 Å². The Morgan fingerprint density at radius 3 is 1.87 bits per heavy atom. The molecule has 2 saturated carbocycles. The first-order chi connectivity index (χ1) is 10.8. The Morgan fingerprint density at radius 2 is 1.43 bits per heavy atom. The van der Waals surface area contributed by atoms with Crippen molar-refractivity contribution < 1.29 is 29.9 Å². The van der Waals surface area contributed by atoms with E-state index in [1.807, 2.05) is 0 Å². The third-order valence-electron chi connectivity index (χ3n) is 6.64. The van der Waals surface area contributed by atoms with Gasteiger partial charge in [0.05, 0.1) is 0 Å². The highest BCUT2D eigenvalue weighted by atomic mass is 16.8. The van der Waals surface area contributed by atoms with Gasteiger partial charge in [0.1, 0.15) is 36.6 Å². The van der Waals surface area contributed by atoms with E-state index >= 15 is 0 Å². The molecule has 2 aliphatic carbocycles. The smallest absolute Gasteiger partial charge is 0.175 e. The van der Waals surface area contributed by atoms with E-state index < -0.39 is 42.4 Å². The second kappa shape index (κ2) is 5.93. The second-order valence-electron chi connectivity index (χ2n) is 7.81. The first-order valence-electron chi connectivity index (χ1n) is 8.86. The summed E-state index contributed by atoms with van der Waals surface area (Å²) in [6, 6.07) is 0. The van der Waals surface area contributed by atoms with Crippen LogP contribution in [-0.4, -0.2) is 62.8 Å². The van der Waals surface area contributed by atoms with Crippen molar-refractivity contribution in [2.24, 2.45) is 11.3 Å². The molecule has 23 heavy (non-hydrogen) atoms. The molecule has 0 bridgehead atoms. The van der Waals surface area contributed by atoms with Crippen LogP contribution in [0.4, 0.5) is 0 Å². The number of ether oxygens (including phenoxy) is 2. The molecule has 0 aromatic rings. The molecule has 4 N–H and O–H groups in total. The van der Waals surface area contributed by atoms with Crippen LogP contribution in [0, 0.1) is 11.3 Å². The Kier molecular flexibility index (Phi) is 4.53. The zero-order valence-corrected chi connectivity index (χ0v) is 14.2. The topological polar surface area (TPSA) is 99.4 Å². The molecular formula is C17H30O6. The number of hydrogen-bond acceptors (Lipinski definition) is 6. The molecule has 6 nitrogen and oxygen atoms in total. The van der Waals surface area contributed by atoms with Crippen molar-refractivity contribution >= 4 is 0 Å². The molecular weight excluding hydrogens is 300 g/mol. The molecule has 9 atom stereocenters. The lowest BCUT2D eigenvalue weighted by atomic mass is 9.65. The van der Waals surface area contributed by atoms with Crippen LogP contribution in [-0.2, 0) is 9.47 Å². The van der Waals surface area contributed by atoms with Crippen LogP contribution in [0.5, 0.6) is 0 Å². The number of rotatable bonds is 2. The first kappa shape index (κ1) is 17.6. The summed E-state index contributed by atoms with van der Waals surface area (Å²) in [5.41, 5.74) is -0.217. The van der Waals surface area contributed by atoms with Gasteiger partial charge in [-0.1, -0.05) is 27.2 Å². The van der Waals surface area contributed by atoms with Gasteiger partial charge >= 0.3 is 0 Å². The van der Waals surface area contributed by atoms with Crippen LogP contribution < -0.4 is 0 Å². The highest BCUT2D eigenvalue weighted by Crippen LogP contribution is 2.57. The van der Waals surface area contributed by atoms with Gasteiger partial charge in [0.25, 0.3) is 0 Å². The summed E-state index contributed by atoms with van der Waals surface area (Å²) in [7, 11) is 0. The van der Waals surface area contributed by atoms with Gasteiger partial charge in [-0.15, -0.1) is 0 Å². The molecule has 0 amide bonds. The van der Waals surface area contributed by atoms with Crippen molar-refractivity contribution in [1.29, 1.82) is 0 Å². The van der Waals surface area contributed by atoms with Crippen LogP contribution in [0.3, 0.4) is 0 Å². The van der Waals surface area contributed by atoms with E-state index in [0.717, 1.165) is 25.7 Å². The molecule has 6 heteroatoms. The highest BCUT2D eigenvalue weighted by molar-refractivity contribution is 5.09. The highest BCUT2D eigenvalue weighted by Gasteiger charge is 2.65. The maximum atomic E-state index is 10.3. The molecule has 1 heterocycles. The number of aliphatic hydroxyl groups is 4. The standard InChI is InChI=1S/C17H30O6/c1-4-9-6-7-16(3,5-2)17(8-9)22-14-12(20)10(18)11(19)13(21)15(14)23-17/h9-15,18-21H,4-8H2,1-3H3/t9-,10+,11?,12?,13?,14?,15+,16+,17?/m1/s1. The van der Waals surface area contributed by atoms with Crippen LogP contribution in [0.1, 0.15) is 52.9 Å². The Hall–Kier alpha value is -0.240. The predicted octanol–water partition coefficient (Wildman–Crippen LogP) is 0.550. The third kappa shape index (κ3) is 2.46. The lowest BCUT2D eigenvalue weighted by Crippen LogP contribution is -2.62. The van der Waals surface area contributed by atoms with Crippen molar-refractivity contribution in [3.63, 3.8) is 0 Å². The number of hydrogen-bond donors (Lipinski definition) is 4. The zero-order chi connectivity index (χ0) is 17.0. The summed E-state index contributed by atoms with van der Waals surface area (Å²) in [6.07, 6.45) is -2.34. The van der Waals surface area contributed by atoms with Crippen molar-refractivity contribution in [1.82, 2.24) is 0 Å². The van der Waals surface area contributed by atoms with Crippen molar-refractivity contribution in [3.8, 4) is 0 Å². The number of fused-ring (bicyclic) bond motifs is 1. The summed E-state index contributed by atoms with van der Waals surface area (Å²) >= 11 is 0. The summed E-state index contributed by atoms with van der Waals surface area (Å²) in [6.45, 7) is 6.37. The number of aliphatic hydroxyl groups excluding tert-OH is 4. The van der Waals surface area contributed by atoms with Gasteiger partial charge in [0.2, 0.25) is 0 Å². The monoisotopic (exact) mass is 330 g/mol. The van der Waals surface area contributed by atoms with Crippen LogP contribution in [0.15, 0.2) is 0 Å². The maximum absolute atomic E-state index is 10.3. The summed E-state index contributed by atoms with van der Waals surface area (Å²) in [5.74, 6) is -0.402. The van der Waals surface area contributed by atoms with Gasteiger partial charge in [0, 0.05) is 11.8 Å². The molecule has 1 spiro atoms. The summed E-state index contributed by atoms with van der Waals surface area (Å²) in [5, 5.41) is 40.5. The normalized spacial score (nSPS) is 56.7.